The van der Waals surface area contributed by atoms with E-state index < -0.39 is 34.0 Å². The van der Waals surface area contributed by atoms with Crippen molar-refractivity contribution in [2.24, 2.45) is 0 Å². The van der Waals surface area contributed by atoms with E-state index in [1.807, 2.05) is 6.26 Å². The van der Waals surface area contributed by atoms with E-state index in [1.54, 1.807) is 18.7 Å². The van der Waals surface area contributed by atoms with Gasteiger partial charge in [-0.3, -0.25) is 10.1 Å². The number of hydrogen-bond acceptors (Lipinski definition) is 5. The number of fused-ring (bicyclic) bond motifs is 1. The predicted molar refractivity (Wildman–Crippen MR) is 82.8 cm³/mol. The Kier molecular flexibility index (Phi) is 4.81. The number of rotatable bonds is 5. The molecule has 1 aliphatic rings. The minimum atomic E-state index is -4.81. The molecule has 23 heavy (non-hydrogen) atoms. The van der Waals surface area contributed by atoms with Crippen molar-refractivity contribution in [3.63, 3.8) is 0 Å². The Labute approximate surface area is 135 Å². The Hall–Kier alpha value is -1.48. The standard InChI is InChI=1S/C14H17F3N2O3S/c1-13(20,3-4-23-2)12-6-8-5-11(19(21)22)9(14(15,16)17)7-10(8)18-12/h5,7,12,18,20H,3-4,6H2,1-2H3. The maximum absolute atomic E-state index is 13.0. The fourth-order valence-corrected chi connectivity index (χ4v) is 3.25. The number of benzene rings is 1. The molecule has 1 heterocycles. The summed E-state index contributed by atoms with van der Waals surface area (Å²) in [6.07, 6.45) is -2.20. The summed E-state index contributed by atoms with van der Waals surface area (Å²) in [6, 6.07) is 1.24. The van der Waals surface area contributed by atoms with E-state index in [1.165, 1.54) is 0 Å². The van der Waals surface area contributed by atoms with Crippen molar-refractivity contribution in [1.82, 2.24) is 0 Å². The first-order valence-electron chi connectivity index (χ1n) is 6.92. The molecule has 0 saturated carbocycles. The van der Waals surface area contributed by atoms with E-state index in [2.05, 4.69) is 5.32 Å². The minimum absolute atomic E-state index is 0.192. The van der Waals surface area contributed by atoms with Crippen molar-refractivity contribution >= 4 is 23.1 Å². The van der Waals surface area contributed by atoms with Crippen LogP contribution in [-0.2, 0) is 12.6 Å². The van der Waals surface area contributed by atoms with Crippen LogP contribution < -0.4 is 5.32 Å². The summed E-state index contributed by atoms with van der Waals surface area (Å²) in [5.74, 6) is 0.704. The first-order chi connectivity index (χ1) is 10.6. The smallest absolute Gasteiger partial charge is 0.388 e. The Bertz CT molecular complexity index is 620. The summed E-state index contributed by atoms with van der Waals surface area (Å²) < 4.78 is 39.0. The van der Waals surface area contributed by atoms with Crippen LogP contribution >= 0.6 is 11.8 Å². The molecule has 0 aromatic heterocycles. The van der Waals surface area contributed by atoms with Crippen molar-refractivity contribution < 1.29 is 23.2 Å². The zero-order valence-corrected chi connectivity index (χ0v) is 13.4. The lowest BCUT2D eigenvalue weighted by Gasteiger charge is -2.30. The topological polar surface area (TPSA) is 75.4 Å². The van der Waals surface area contributed by atoms with Crippen molar-refractivity contribution in [1.29, 1.82) is 0 Å². The molecule has 2 N–H and O–H groups in total. The number of thioether (sulfide) groups is 1. The van der Waals surface area contributed by atoms with E-state index in [0.29, 0.717) is 17.7 Å². The monoisotopic (exact) mass is 350 g/mol. The highest BCUT2D eigenvalue weighted by atomic mass is 32.2. The third-order valence-corrected chi connectivity index (χ3v) is 4.65. The number of anilines is 1. The molecule has 2 atom stereocenters. The number of nitro benzene ring substituents is 1. The van der Waals surface area contributed by atoms with Crippen LogP contribution in [0.2, 0.25) is 0 Å². The largest absolute Gasteiger partial charge is 0.423 e. The van der Waals surface area contributed by atoms with Gasteiger partial charge >= 0.3 is 6.18 Å². The van der Waals surface area contributed by atoms with Gasteiger partial charge in [-0.2, -0.15) is 24.9 Å². The van der Waals surface area contributed by atoms with Crippen LogP contribution in [0.3, 0.4) is 0 Å². The third-order valence-electron chi connectivity index (χ3n) is 4.04. The van der Waals surface area contributed by atoms with Gasteiger partial charge in [0.2, 0.25) is 0 Å². The van der Waals surface area contributed by atoms with Gasteiger partial charge in [0.25, 0.3) is 5.69 Å². The molecule has 2 unspecified atom stereocenters. The summed E-state index contributed by atoms with van der Waals surface area (Å²) in [5.41, 5.74) is -2.74. The molecule has 128 valence electrons. The zero-order chi connectivity index (χ0) is 17.4. The quantitative estimate of drug-likeness (QED) is 0.628. The average Bonchev–Trinajstić information content (AvgIpc) is 2.86. The molecule has 0 fully saturated rings. The normalized spacial score (nSPS) is 19.8. The number of aliphatic hydroxyl groups is 1. The minimum Gasteiger partial charge on any atom is -0.388 e. The molecule has 0 spiro atoms. The lowest BCUT2D eigenvalue weighted by Crippen LogP contribution is -2.43. The van der Waals surface area contributed by atoms with E-state index in [0.717, 1.165) is 12.1 Å². The molecule has 0 amide bonds. The van der Waals surface area contributed by atoms with E-state index in [4.69, 9.17) is 0 Å². The molecule has 2 rings (SSSR count). The van der Waals surface area contributed by atoms with E-state index in [9.17, 15) is 28.4 Å². The van der Waals surface area contributed by atoms with Gasteiger partial charge in [-0.15, -0.1) is 0 Å². The molecule has 1 aromatic carbocycles. The second-order valence-corrected chi connectivity index (χ2v) is 6.77. The second kappa shape index (κ2) is 6.20. The number of halogens is 3. The first kappa shape index (κ1) is 17.9. The average molecular weight is 350 g/mol. The van der Waals surface area contributed by atoms with E-state index in [-0.39, 0.29) is 12.1 Å². The predicted octanol–water partition coefficient (Wildman–Crippen LogP) is 3.45. The molecule has 0 radical (unpaired) electrons. The Morgan fingerprint density at radius 2 is 2.13 bits per heavy atom. The molecule has 9 heteroatoms. The summed E-state index contributed by atoms with van der Waals surface area (Å²) in [7, 11) is 0. The van der Waals surface area contributed by atoms with Crippen molar-refractivity contribution in [3.05, 3.63) is 33.4 Å². The van der Waals surface area contributed by atoms with Crippen molar-refractivity contribution in [2.75, 3.05) is 17.3 Å². The van der Waals surface area contributed by atoms with Gasteiger partial charge in [0.1, 0.15) is 5.56 Å². The number of hydrogen-bond donors (Lipinski definition) is 2. The molecule has 0 aliphatic carbocycles. The Balaban J connectivity index is 2.35. The number of nitro groups is 1. The Morgan fingerprint density at radius 1 is 1.48 bits per heavy atom. The molecule has 5 nitrogen and oxygen atoms in total. The van der Waals surface area contributed by atoms with Gasteiger partial charge in [0.05, 0.1) is 16.6 Å². The number of nitrogens with zero attached hydrogens (tertiary/aromatic N) is 1. The van der Waals surface area contributed by atoms with Gasteiger partial charge in [0, 0.05) is 11.8 Å². The van der Waals surface area contributed by atoms with Crippen molar-refractivity contribution in [3.8, 4) is 0 Å². The molecular weight excluding hydrogens is 333 g/mol. The molecule has 0 saturated heterocycles. The Morgan fingerprint density at radius 3 is 2.65 bits per heavy atom. The van der Waals surface area contributed by atoms with Crippen LogP contribution in [-0.4, -0.2) is 33.7 Å². The molecule has 0 bridgehead atoms. The van der Waals surface area contributed by atoms with Crippen LogP contribution in [0.25, 0.3) is 0 Å². The fraction of sp³-hybridized carbons (Fsp3) is 0.571. The van der Waals surface area contributed by atoms with Gasteiger partial charge < -0.3 is 10.4 Å². The maximum atomic E-state index is 13.0. The van der Waals surface area contributed by atoms with Gasteiger partial charge in [-0.25, -0.2) is 0 Å². The van der Waals surface area contributed by atoms with E-state index >= 15 is 0 Å². The highest BCUT2D eigenvalue weighted by Gasteiger charge is 2.42. The highest BCUT2D eigenvalue weighted by molar-refractivity contribution is 7.98. The summed E-state index contributed by atoms with van der Waals surface area (Å²) in [5, 5.41) is 24.3. The summed E-state index contributed by atoms with van der Waals surface area (Å²) in [4.78, 5) is 9.90. The van der Waals surface area contributed by atoms with Crippen LogP contribution in [0.4, 0.5) is 24.5 Å². The molecular formula is C14H17F3N2O3S. The number of alkyl halides is 3. The van der Waals surface area contributed by atoms with Gasteiger partial charge in [-0.05, 0) is 43.4 Å². The van der Waals surface area contributed by atoms with Crippen LogP contribution in [0.5, 0.6) is 0 Å². The number of nitrogens with one attached hydrogen (secondary N) is 1. The summed E-state index contributed by atoms with van der Waals surface area (Å²) >= 11 is 1.56. The fourth-order valence-electron chi connectivity index (χ4n) is 2.63. The van der Waals surface area contributed by atoms with Gasteiger partial charge in [-0.1, -0.05) is 0 Å². The molecule has 1 aliphatic heterocycles. The second-order valence-electron chi connectivity index (χ2n) is 5.78. The summed E-state index contributed by atoms with van der Waals surface area (Å²) in [6.45, 7) is 1.62. The lowest BCUT2D eigenvalue weighted by atomic mass is 9.91. The van der Waals surface area contributed by atoms with Crippen LogP contribution in [0.15, 0.2) is 12.1 Å². The SMILES string of the molecule is CSCCC(C)(O)C1Cc2cc([N+](=O)[O-])c(C(F)(F)F)cc2N1. The first-order valence-corrected chi connectivity index (χ1v) is 8.32. The van der Waals surface area contributed by atoms with Crippen LogP contribution in [0.1, 0.15) is 24.5 Å². The van der Waals surface area contributed by atoms with Gasteiger partial charge in [0.15, 0.2) is 0 Å². The maximum Gasteiger partial charge on any atom is 0.423 e. The zero-order valence-electron chi connectivity index (χ0n) is 12.6. The highest BCUT2D eigenvalue weighted by Crippen LogP contribution is 2.42. The van der Waals surface area contributed by atoms with Crippen molar-refractivity contribution in [2.45, 2.75) is 37.6 Å². The molecule has 1 aromatic rings. The third kappa shape index (κ3) is 3.72. The van der Waals surface area contributed by atoms with Crippen LogP contribution in [0, 0.1) is 10.1 Å². The lowest BCUT2D eigenvalue weighted by molar-refractivity contribution is -0.388.